The Balaban J connectivity index is 2.89. The molecule has 0 unspecified atom stereocenters. The van der Waals surface area contributed by atoms with Crippen LogP contribution < -0.4 is 0 Å². The highest BCUT2D eigenvalue weighted by molar-refractivity contribution is 6.38. The zero-order valence-electron chi connectivity index (χ0n) is 10.5. The van der Waals surface area contributed by atoms with Crippen molar-refractivity contribution in [3.05, 3.63) is 49.7 Å². The summed E-state index contributed by atoms with van der Waals surface area (Å²) in [7, 11) is 0. The number of nitrogens with zero attached hydrogens (tertiary/aromatic N) is 1. The molecule has 114 valence electrons. The number of benzene rings is 1. The van der Waals surface area contributed by atoms with Crippen molar-refractivity contribution in [3.8, 4) is 11.1 Å². The van der Waals surface area contributed by atoms with Crippen LogP contribution in [0.15, 0.2) is 18.2 Å². The molecule has 0 saturated heterocycles. The molecule has 2 rings (SSSR count). The zero-order chi connectivity index (χ0) is 16.6. The lowest BCUT2D eigenvalue weighted by atomic mass is 10.0. The molecule has 0 aliphatic carbocycles. The summed E-state index contributed by atoms with van der Waals surface area (Å²) in [5.74, 6) is -3.01. The van der Waals surface area contributed by atoms with Gasteiger partial charge in [0.2, 0.25) is 0 Å². The van der Waals surface area contributed by atoms with Gasteiger partial charge in [0.1, 0.15) is 16.4 Å². The van der Waals surface area contributed by atoms with E-state index in [-0.39, 0.29) is 16.1 Å². The van der Waals surface area contributed by atoms with Crippen molar-refractivity contribution in [1.82, 2.24) is 4.98 Å². The number of carbonyl (C=O) groups is 2. The van der Waals surface area contributed by atoms with E-state index in [1.807, 2.05) is 0 Å². The molecule has 0 aliphatic rings. The second kappa shape index (κ2) is 5.66. The van der Waals surface area contributed by atoms with Crippen molar-refractivity contribution in [2.45, 2.75) is 0 Å². The molecular weight excluding hydrogens is 339 g/mol. The second-order valence-electron chi connectivity index (χ2n) is 4.07. The summed E-state index contributed by atoms with van der Waals surface area (Å²) < 4.78 is 0. The number of hydrogen-bond acceptors (Lipinski definition) is 4. The van der Waals surface area contributed by atoms with Crippen LogP contribution in [-0.4, -0.2) is 32.1 Å². The van der Waals surface area contributed by atoms with Gasteiger partial charge in [0.05, 0.1) is 15.5 Å². The molecule has 3 N–H and O–H groups in total. The lowest BCUT2D eigenvalue weighted by Crippen LogP contribution is -2.02. The number of H-pyrrole nitrogens is 1. The van der Waals surface area contributed by atoms with Gasteiger partial charge in [0.15, 0.2) is 0 Å². The molecule has 1 aromatic carbocycles. The van der Waals surface area contributed by atoms with Gasteiger partial charge in [0.25, 0.3) is 5.69 Å². The van der Waals surface area contributed by atoms with Crippen molar-refractivity contribution in [2.24, 2.45) is 0 Å². The van der Waals surface area contributed by atoms with Gasteiger partial charge in [-0.2, -0.15) is 0 Å². The average Bonchev–Trinajstić information content (AvgIpc) is 2.75. The fourth-order valence-corrected chi connectivity index (χ4v) is 2.51. The molecule has 0 aliphatic heterocycles. The number of para-hydroxylation sites is 1. The maximum absolute atomic E-state index is 11.3. The normalized spacial score (nSPS) is 10.5. The average molecular weight is 345 g/mol. The highest BCUT2D eigenvalue weighted by Gasteiger charge is 2.30. The third kappa shape index (κ3) is 2.49. The largest absolute Gasteiger partial charge is 0.477 e. The predicted molar refractivity (Wildman–Crippen MR) is 76.8 cm³/mol. The number of nitrogens with one attached hydrogen (secondary N) is 1. The third-order valence-corrected chi connectivity index (χ3v) is 3.49. The number of aromatic amines is 1. The Morgan fingerprint density at radius 3 is 2.23 bits per heavy atom. The van der Waals surface area contributed by atoms with Crippen molar-refractivity contribution < 1.29 is 24.7 Å². The third-order valence-electron chi connectivity index (χ3n) is 2.81. The summed E-state index contributed by atoms with van der Waals surface area (Å²) in [6, 6.07) is 3.85. The van der Waals surface area contributed by atoms with Gasteiger partial charge >= 0.3 is 11.9 Å². The lowest BCUT2D eigenvalue weighted by molar-refractivity contribution is -0.384. The standard InChI is InChI=1S/C12H6Cl2N2O6/c13-5-3-1-2-4(10(5)16(21)22)6-7(14)9(12(19)20)15-8(6)11(17)18/h1-3,15H,(H,17,18)(H,19,20). The SMILES string of the molecule is O=C(O)c1[nH]c(C(=O)O)c(-c2cccc(Cl)c2[N+](=O)[O-])c1Cl. The Bertz CT molecular complexity index is 814. The number of aromatic carboxylic acids is 2. The van der Waals surface area contributed by atoms with Gasteiger partial charge in [-0.25, -0.2) is 9.59 Å². The van der Waals surface area contributed by atoms with Gasteiger partial charge in [-0.05, 0) is 12.1 Å². The first kappa shape index (κ1) is 15.8. The number of carboxylic acid groups (broad SMARTS) is 2. The van der Waals surface area contributed by atoms with Crippen LogP contribution in [0.5, 0.6) is 0 Å². The molecule has 0 spiro atoms. The van der Waals surface area contributed by atoms with Crippen molar-refractivity contribution in [3.63, 3.8) is 0 Å². The van der Waals surface area contributed by atoms with E-state index in [4.69, 9.17) is 33.4 Å². The van der Waals surface area contributed by atoms with E-state index < -0.39 is 39.0 Å². The number of aromatic nitrogens is 1. The molecule has 1 aromatic heterocycles. The molecule has 2 aromatic rings. The first-order chi connectivity index (χ1) is 10.3. The Labute approximate surface area is 132 Å². The number of rotatable bonds is 4. The van der Waals surface area contributed by atoms with E-state index in [1.165, 1.54) is 18.2 Å². The van der Waals surface area contributed by atoms with Crippen LogP contribution >= 0.6 is 23.2 Å². The van der Waals surface area contributed by atoms with Crippen molar-refractivity contribution >= 4 is 40.8 Å². The molecule has 10 heteroatoms. The van der Waals surface area contributed by atoms with E-state index in [2.05, 4.69) is 4.98 Å². The van der Waals surface area contributed by atoms with Gasteiger partial charge in [-0.1, -0.05) is 29.3 Å². The van der Waals surface area contributed by atoms with E-state index in [0.717, 1.165) is 0 Å². The molecule has 0 saturated carbocycles. The van der Waals surface area contributed by atoms with Crippen LogP contribution in [0.3, 0.4) is 0 Å². The van der Waals surface area contributed by atoms with Crippen LogP contribution in [0.4, 0.5) is 5.69 Å². The van der Waals surface area contributed by atoms with E-state index >= 15 is 0 Å². The van der Waals surface area contributed by atoms with Crippen LogP contribution in [0.2, 0.25) is 10.0 Å². The second-order valence-corrected chi connectivity index (χ2v) is 4.85. The van der Waals surface area contributed by atoms with E-state index in [0.29, 0.717) is 0 Å². The number of carboxylic acids is 2. The maximum atomic E-state index is 11.3. The first-order valence-corrected chi connectivity index (χ1v) is 6.32. The Morgan fingerprint density at radius 2 is 1.73 bits per heavy atom. The maximum Gasteiger partial charge on any atom is 0.353 e. The molecule has 0 atom stereocenters. The predicted octanol–water partition coefficient (Wildman–Crippen LogP) is 3.29. The highest BCUT2D eigenvalue weighted by atomic mass is 35.5. The van der Waals surface area contributed by atoms with E-state index in [1.54, 1.807) is 0 Å². The summed E-state index contributed by atoms with van der Waals surface area (Å²) in [6.45, 7) is 0. The Morgan fingerprint density at radius 1 is 1.14 bits per heavy atom. The molecule has 8 nitrogen and oxygen atoms in total. The number of nitro groups is 1. The van der Waals surface area contributed by atoms with Crippen LogP contribution in [0.1, 0.15) is 21.0 Å². The fourth-order valence-electron chi connectivity index (χ4n) is 1.94. The summed E-state index contributed by atoms with van der Waals surface area (Å²) in [5, 5.41) is 28.6. The van der Waals surface area contributed by atoms with Gasteiger partial charge in [-0.15, -0.1) is 0 Å². The molecular formula is C12H6Cl2N2O6. The molecule has 0 amide bonds. The van der Waals surface area contributed by atoms with Gasteiger partial charge < -0.3 is 15.2 Å². The smallest absolute Gasteiger partial charge is 0.353 e. The topological polar surface area (TPSA) is 134 Å². The molecule has 0 fully saturated rings. The number of hydrogen-bond donors (Lipinski definition) is 3. The molecule has 22 heavy (non-hydrogen) atoms. The van der Waals surface area contributed by atoms with Crippen LogP contribution in [0, 0.1) is 10.1 Å². The van der Waals surface area contributed by atoms with Gasteiger partial charge in [0, 0.05) is 5.56 Å². The monoisotopic (exact) mass is 344 g/mol. The van der Waals surface area contributed by atoms with Crippen LogP contribution in [0.25, 0.3) is 11.1 Å². The summed E-state index contributed by atoms with van der Waals surface area (Å²) >= 11 is 11.7. The molecule has 1 heterocycles. The van der Waals surface area contributed by atoms with Crippen molar-refractivity contribution in [2.75, 3.05) is 0 Å². The fraction of sp³-hybridized carbons (Fsp3) is 0. The summed E-state index contributed by atoms with van der Waals surface area (Å²) in [6.07, 6.45) is 0. The minimum atomic E-state index is -1.52. The van der Waals surface area contributed by atoms with Crippen LogP contribution in [-0.2, 0) is 0 Å². The van der Waals surface area contributed by atoms with E-state index in [9.17, 15) is 19.7 Å². The highest BCUT2D eigenvalue weighted by Crippen LogP contribution is 2.42. The first-order valence-electron chi connectivity index (χ1n) is 5.57. The minimum absolute atomic E-state index is 0.191. The summed E-state index contributed by atoms with van der Waals surface area (Å²) in [5.41, 5.74) is -2.22. The number of halogens is 2. The number of nitro benzene ring substituents is 1. The van der Waals surface area contributed by atoms with Gasteiger partial charge in [-0.3, -0.25) is 10.1 Å². The Hall–Kier alpha value is -2.58. The Kier molecular flexibility index (Phi) is 4.07. The molecule has 0 bridgehead atoms. The zero-order valence-corrected chi connectivity index (χ0v) is 12.0. The minimum Gasteiger partial charge on any atom is -0.477 e. The van der Waals surface area contributed by atoms with Crippen molar-refractivity contribution in [1.29, 1.82) is 0 Å². The summed E-state index contributed by atoms with van der Waals surface area (Å²) in [4.78, 5) is 34.8. The lowest BCUT2D eigenvalue weighted by Gasteiger charge is -2.05. The molecule has 0 radical (unpaired) electrons. The quantitative estimate of drug-likeness (QED) is 0.575.